The van der Waals surface area contributed by atoms with E-state index in [2.05, 4.69) is 32.4 Å². The molecule has 0 amide bonds. The molecule has 0 aliphatic carbocycles. The van der Waals surface area contributed by atoms with Crippen LogP contribution in [0, 0.1) is 6.92 Å². The lowest BCUT2D eigenvalue weighted by Crippen LogP contribution is -2.17. The molecule has 0 saturated carbocycles. The molecule has 1 aliphatic rings. The molecular formula is C20H22N6O. The Balaban J connectivity index is 1.55. The number of rotatable bonds is 4. The number of carbonyl (C=O) groups excluding carboxylic acids is 1. The number of anilines is 4. The second-order valence-electron chi connectivity index (χ2n) is 6.74. The number of nitrogens with two attached hydrogens (primary N) is 1. The molecular weight excluding hydrogens is 340 g/mol. The summed E-state index contributed by atoms with van der Waals surface area (Å²) in [6.45, 7) is 4.17. The topological polar surface area (TPSA) is 89.1 Å². The number of hydrogen-bond acceptors (Lipinski definition) is 6. The summed E-state index contributed by atoms with van der Waals surface area (Å²) in [7, 11) is 0. The van der Waals surface area contributed by atoms with E-state index in [0.29, 0.717) is 11.5 Å². The fourth-order valence-electron chi connectivity index (χ4n) is 3.23. The molecule has 3 aromatic rings. The van der Waals surface area contributed by atoms with Crippen LogP contribution in [0.1, 0.15) is 28.8 Å². The van der Waals surface area contributed by atoms with Crippen LogP contribution >= 0.6 is 0 Å². The lowest BCUT2D eigenvalue weighted by Gasteiger charge is -2.17. The normalized spacial score (nSPS) is 13.7. The zero-order valence-corrected chi connectivity index (χ0v) is 15.2. The molecule has 0 bridgehead atoms. The molecule has 3 N–H and O–H groups in total. The molecule has 1 aliphatic heterocycles. The van der Waals surface area contributed by atoms with E-state index in [1.165, 1.54) is 23.2 Å². The average Bonchev–Trinajstić information content (AvgIpc) is 3.32. The first kappa shape index (κ1) is 17.1. The Kier molecular flexibility index (Phi) is 4.50. The Labute approximate surface area is 157 Å². The number of nitrogens with one attached hydrogen (secondary N) is 1. The van der Waals surface area contributed by atoms with Crippen molar-refractivity contribution in [2.45, 2.75) is 19.8 Å². The summed E-state index contributed by atoms with van der Waals surface area (Å²) >= 11 is 0. The van der Waals surface area contributed by atoms with Crippen LogP contribution in [-0.2, 0) is 0 Å². The van der Waals surface area contributed by atoms with Gasteiger partial charge in [-0.3, -0.25) is 4.79 Å². The minimum absolute atomic E-state index is 0.0478. The van der Waals surface area contributed by atoms with Crippen LogP contribution in [0.2, 0.25) is 0 Å². The highest BCUT2D eigenvalue weighted by molar-refractivity contribution is 5.97. The van der Waals surface area contributed by atoms with Gasteiger partial charge in [0.25, 0.3) is 5.91 Å². The summed E-state index contributed by atoms with van der Waals surface area (Å²) in [6, 6.07) is 15.4. The maximum atomic E-state index is 12.8. The van der Waals surface area contributed by atoms with Gasteiger partial charge in [0.15, 0.2) is 0 Å². The molecule has 0 atom stereocenters. The Bertz CT molecular complexity index is 940. The average molecular weight is 362 g/mol. The molecule has 7 nitrogen and oxygen atoms in total. The molecule has 0 radical (unpaired) electrons. The molecule has 1 aromatic heterocycles. The fraction of sp³-hybridized carbons (Fsp3) is 0.250. The van der Waals surface area contributed by atoms with E-state index in [4.69, 9.17) is 5.73 Å². The van der Waals surface area contributed by atoms with Crippen LogP contribution in [-0.4, -0.2) is 33.8 Å². The highest BCUT2D eigenvalue weighted by Crippen LogP contribution is 2.24. The Hall–Kier alpha value is -3.35. The second kappa shape index (κ2) is 7.11. The second-order valence-corrected chi connectivity index (χ2v) is 6.74. The van der Waals surface area contributed by atoms with Crippen molar-refractivity contribution >= 4 is 29.2 Å². The SMILES string of the molecule is Cc1ccc(C(=O)n2nc(N)nc2Nc2ccc(N3CCCC3)cc2)cc1. The third kappa shape index (κ3) is 3.62. The van der Waals surface area contributed by atoms with Crippen molar-refractivity contribution in [2.24, 2.45) is 0 Å². The van der Waals surface area contributed by atoms with Gasteiger partial charge in [-0.1, -0.05) is 17.7 Å². The van der Waals surface area contributed by atoms with Crippen molar-refractivity contribution in [3.8, 4) is 0 Å². The molecule has 0 unspecified atom stereocenters. The lowest BCUT2D eigenvalue weighted by atomic mass is 10.1. The predicted octanol–water partition coefficient (Wildman–Crippen LogP) is 3.20. The monoisotopic (exact) mass is 362 g/mol. The van der Waals surface area contributed by atoms with Crippen LogP contribution < -0.4 is 16.0 Å². The van der Waals surface area contributed by atoms with E-state index in [1.807, 2.05) is 31.2 Å². The maximum Gasteiger partial charge on any atom is 0.281 e. The van der Waals surface area contributed by atoms with E-state index < -0.39 is 0 Å². The van der Waals surface area contributed by atoms with Crippen molar-refractivity contribution in [3.05, 3.63) is 59.7 Å². The molecule has 0 spiro atoms. The van der Waals surface area contributed by atoms with Crippen LogP contribution in [0.4, 0.5) is 23.3 Å². The zero-order chi connectivity index (χ0) is 18.8. The molecule has 1 saturated heterocycles. The fourth-order valence-corrected chi connectivity index (χ4v) is 3.23. The number of nitrogens with zero attached hydrogens (tertiary/aromatic N) is 4. The molecule has 2 heterocycles. The summed E-state index contributed by atoms with van der Waals surface area (Å²) in [5.74, 6) is 0.0639. The molecule has 27 heavy (non-hydrogen) atoms. The minimum Gasteiger partial charge on any atom is -0.372 e. The first-order chi connectivity index (χ1) is 13.1. The molecule has 138 valence electrons. The van der Waals surface area contributed by atoms with Gasteiger partial charge in [-0.2, -0.15) is 9.67 Å². The van der Waals surface area contributed by atoms with E-state index in [1.54, 1.807) is 12.1 Å². The van der Waals surface area contributed by atoms with E-state index in [-0.39, 0.29) is 11.9 Å². The quantitative estimate of drug-likeness (QED) is 0.741. The summed E-state index contributed by atoms with van der Waals surface area (Å²) in [5, 5.41) is 7.19. The number of aryl methyl sites for hydroxylation is 1. The number of aromatic nitrogens is 3. The zero-order valence-electron chi connectivity index (χ0n) is 15.2. The molecule has 7 heteroatoms. The Morgan fingerprint density at radius 1 is 1.04 bits per heavy atom. The summed E-state index contributed by atoms with van der Waals surface area (Å²) in [5.41, 5.74) is 9.37. The Morgan fingerprint density at radius 2 is 1.70 bits per heavy atom. The highest BCUT2D eigenvalue weighted by Gasteiger charge is 2.17. The highest BCUT2D eigenvalue weighted by atomic mass is 16.2. The van der Waals surface area contributed by atoms with Gasteiger partial charge in [-0.05, 0) is 56.2 Å². The van der Waals surface area contributed by atoms with Crippen molar-refractivity contribution in [2.75, 3.05) is 29.0 Å². The van der Waals surface area contributed by atoms with E-state index in [9.17, 15) is 4.79 Å². The smallest absolute Gasteiger partial charge is 0.281 e. The van der Waals surface area contributed by atoms with Gasteiger partial charge in [-0.25, -0.2) is 0 Å². The van der Waals surface area contributed by atoms with Crippen LogP contribution in [0.3, 0.4) is 0 Å². The molecule has 1 fully saturated rings. The number of benzene rings is 2. The van der Waals surface area contributed by atoms with Gasteiger partial charge in [0.05, 0.1) is 0 Å². The van der Waals surface area contributed by atoms with Crippen molar-refractivity contribution in [1.82, 2.24) is 14.8 Å². The maximum absolute atomic E-state index is 12.8. The van der Waals surface area contributed by atoms with Gasteiger partial charge in [0.1, 0.15) is 0 Å². The molecule has 4 rings (SSSR count). The largest absolute Gasteiger partial charge is 0.372 e. The van der Waals surface area contributed by atoms with Crippen LogP contribution in [0.15, 0.2) is 48.5 Å². The van der Waals surface area contributed by atoms with Gasteiger partial charge in [0, 0.05) is 30.0 Å². The van der Waals surface area contributed by atoms with Gasteiger partial charge in [0.2, 0.25) is 11.9 Å². The van der Waals surface area contributed by atoms with Crippen molar-refractivity contribution in [3.63, 3.8) is 0 Å². The standard InChI is InChI=1S/C20H22N6O/c1-14-4-6-15(7-5-14)18(27)26-20(23-19(21)24-26)22-16-8-10-17(11-9-16)25-12-2-3-13-25/h4-11H,2-3,12-13H2,1H3,(H3,21,22,23,24). The third-order valence-electron chi connectivity index (χ3n) is 4.71. The van der Waals surface area contributed by atoms with Crippen molar-refractivity contribution < 1.29 is 4.79 Å². The van der Waals surface area contributed by atoms with Gasteiger partial charge in [-0.15, -0.1) is 5.10 Å². The van der Waals surface area contributed by atoms with E-state index in [0.717, 1.165) is 24.3 Å². The number of carbonyl (C=O) groups is 1. The van der Waals surface area contributed by atoms with Crippen LogP contribution in [0.25, 0.3) is 0 Å². The van der Waals surface area contributed by atoms with Gasteiger partial charge < -0.3 is 16.0 Å². The number of nitrogen functional groups attached to an aromatic ring is 1. The minimum atomic E-state index is -0.282. The number of hydrogen-bond donors (Lipinski definition) is 2. The first-order valence-corrected chi connectivity index (χ1v) is 9.06. The summed E-state index contributed by atoms with van der Waals surface area (Å²) < 4.78 is 1.20. The summed E-state index contributed by atoms with van der Waals surface area (Å²) in [6.07, 6.45) is 2.48. The van der Waals surface area contributed by atoms with Crippen molar-refractivity contribution in [1.29, 1.82) is 0 Å². The summed E-state index contributed by atoms with van der Waals surface area (Å²) in [4.78, 5) is 19.3. The lowest BCUT2D eigenvalue weighted by molar-refractivity contribution is 0.0948. The van der Waals surface area contributed by atoms with E-state index >= 15 is 0 Å². The van der Waals surface area contributed by atoms with Gasteiger partial charge >= 0.3 is 0 Å². The van der Waals surface area contributed by atoms with Crippen LogP contribution in [0.5, 0.6) is 0 Å². The Morgan fingerprint density at radius 3 is 2.37 bits per heavy atom. The third-order valence-corrected chi connectivity index (χ3v) is 4.71. The molecule has 2 aromatic carbocycles. The predicted molar refractivity (Wildman–Crippen MR) is 107 cm³/mol. The first-order valence-electron chi connectivity index (χ1n) is 9.06.